The molecule has 0 radical (unpaired) electrons. The van der Waals surface area contributed by atoms with E-state index in [1.807, 2.05) is 0 Å². The number of hydrogen-bond acceptors (Lipinski definition) is 5. The second-order valence-corrected chi connectivity index (χ2v) is 3.18. The van der Waals surface area contributed by atoms with Gasteiger partial charge in [-0.1, -0.05) is 11.6 Å². The lowest BCUT2D eigenvalue weighted by Gasteiger charge is -2.10. The van der Waals surface area contributed by atoms with Gasteiger partial charge in [0.25, 0.3) is 0 Å². The van der Waals surface area contributed by atoms with Crippen molar-refractivity contribution in [3.63, 3.8) is 0 Å². The SMILES string of the molecule is CC(Nc1nc(Cl)nnc1Cl)C(N)=O. The monoisotopic (exact) mass is 235 g/mol. The van der Waals surface area contributed by atoms with Gasteiger partial charge in [-0.2, -0.15) is 4.98 Å². The third-order valence-electron chi connectivity index (χ3n) is 1.40. The highest BCUT2D eigenvalue weighted by molar-refractivity contribution is 6.32. The summed E-state index contributed by atoms with van der Waals surface area (Å²) in [5, 5.41) is 9.52. The standard InChI is InChI=1S/C6H7Cl2N5O/c1-2(4(9)14)10-5-3(7)12-13-6(8)11-5/h2H,1H3,(H2,9,14)(H,10,11,13). The van der Waals surface area contributed by atoms with Crippen LogP contribution in [-0.4, -0.2) is 27.1 Å². The molecule has 14 heavy (non-hydrogen) atoms. The average Bonchev–Trinajstić information content (AvgIpc) is 2.11. The summed E-state index contributed by atoms with van der Waals surface area (Å²) in [5.74, 6) is -0.353. The molecule has 1 rings (SSSR count). The number of nitrogens with one attached hydrogen (secondary N) is 1. The van der Waals surface area contributed by atoms with Gasteiger partial charge in [0.1, 0.15) is 6.04 Å². The Bertz CT molecular complexity index is 358. The second-order valence-electron chi connectivity index (χ2n) is 2.49. The number of nitrogens with zero attached hydrogens (tertiary/aromatic N) is 3. The summed E-state index contributed by atoms with van der Waals surface area (Å²) in [4.78, 5) is 14.5. The van der Waals surface area contributed by atoms with E-state index in [4.69, 9.17) is 28.9 Å². The molecule has 8 heteroatoms. The maximum Gasteiger partial charge on any atom is 0.245 e. The largest absolute Gasteiger partial charge is 0.368 e. The molecular weight excluding hydrogens is 229 g/mol. The van der Waals surface area contributed by atoms with Crippen LogP contribution in [-0.2, 0) is 4.79 Å². The summed E-state index contributed by atoms with van der Waals surface area (Å²) in [7, 11) is 0. The molecule has 76 valence electrons. The van der Waals surface area contributed by atoms with Crippen molar-refractivity contribution in [1.29, 1.82) is 0 Å². The van der Waals surface area contributed by atoms with Crippen LogP contribution in [0.3, 0.4) is 0 Å². The van der Waals surface area contributed by atoms with E-state index in [0.29, 0.717) is 0 Å². The van der Waals surface area contributed by atoms with Crippen LogP contribution < -0.4 is 11.1 Å². The first kappa shape index (κ1) is 10.9. The van der Waals surface area contributed by atoms with Gasteiger partial charge in [-0.15, -0.1) is 10.2 Å². The summed E-state index contributed by atoms with van der Waals surface area (Å²) in [6.07, 6.45) is 0. The first-order valence-corrected chi connectivity index (χ1v) is 4.38. The summed E-state index contributed by atoms with van der Waals surface area (Å²) < 4.78 is 0. The molecule has 0 saturated heterocycles. The van der Waals surface area contributed by atoms with Crippen molar-refractivity contribution in [2.45, 2.75) is 13.0 Å². The van der Waals surface area contributed by atoms with Crippen LogP contribution >= 0.6 is 23.2 Å². The molecule has 0 spiro atoms. The molecule has 1 amide bonds. The van der Waals surface area contributed by atoms with Gasteiger partial charge in [0.15, 0.2) is 11.0 Å². The van der Waals surface area contributed by atoms with Gasteiger partial charge >= 0.3 is 0 Å². The number of anilines is 1. The van der Waals surface area contributed by atoms with Gasteiger partial charge in [-0.05, 0) is 18.5 Å². The smallest absolute Gasteiger partial charge is 0.245 e. The van der Waals surface area contributed by atoms with Crippen LogP contribution in [0.5, 0.6) is 0 Å². The highest BCUT2D eigenvalue weighted by Gasteiger charge is 2.12. The fourth-order valence-corrected chi connectivity index (χ4v) is 0.918. The molecule has 1 heterocycles. The lowest BCUT2D eigenvalue weighted by atomic mass is 10.3. The van der Waals surface area contributed by atoms with E-state index in [0.717, 1.165) is 0 Å². The Labute approximate surface area is 89.8 Å². The highest BCUT2D eigenvalue weighted by atomic mass is 35.5. The second kappa shape index (κ2) is 4.39. The minimum atomic E-state index is -0.611. The van der Waals surface area contributed by atoms with Crippen LogP contribution in [0.2, 0.25) is 10.4 Å². The topological polar surface area (TPSA) is 93.8 Å². The van der Waals surface area contributed by atoms with Crippen LogP contribution in [0.25, 0.3) is 0 Å². The van der Waals surface area contributed by atoms with Crippen molar-refractivity contribution >= 4 is 34.9 Å². The molecule has 0 bridgehead atoms. The van der Waals surface area contributed by atoms with Crippen LogP contribution in [0.15, 0.2) is 0 Å². The molecule has 6 nitrogen and oxygen atoms in total. The lowest BCUT2D eigenvalue weighted by molar-refractivity contribution is -0.118. The zero-order chi connectivity index (χ0) is 10.7. The zero-order valence-electron chi connectivity index (χ0n) is 7.16. The fourth-order valence-electron chi connectivity index (χ4n) is 0.661. The quantitative estimate of drug-likeness (QED) is 0.795. The Hall–Kier alpha value is -1.14. The van der Waals surface area contributed by atoms with E-state index >= 15 is 0 Å². The Morgan fingerprint density at radius 1 is 1.50 bits per heavy atom. The maximum atomic E-state index is 10.7. The number of rotatable bonds is 3. The van der Waals surface area contributed by atoms with Gasteiger partial charge in [0.2, 0.25) is 11.2 Å². The van der Waals surface area contributed by atoms with Gasteiger partial charge in [-0.3, -0.25) is 4.79 Å². The van der Waals surface area contributed by atoms with E-state index in [1.165, 1.54) is 0 Å². The molecule has 1 aromatic rings. The Balaban J connectivity index is 2.85. The number of aromatic nitrogens is 3. The average molecular weight is 236 g/mol. The minimum Gasteiger partial charge on any atom is -0.368 e. The van der Waals surface area contributed by atoms with E-state index in [1.54, 1.807) is 6.92 Å². The van der Waals surface area contributed by atoms with Crippen LogP contribution in [0.1, 0.15) is 6.92 Å². The Morgan fingerprint density at radius 3 is 2.71 bits per heavy atom. The molecule has 0 aromatic carbocycles. The Morgan fingerprint density at radius 2 is 2.14 bits per heavy atom. The number of primary amides is 1. The van der Waals surface area contributed by atoms with E-state index in [-0.39, 0.29) is 16.3 Å². The van der Waals surface area contributed by atoms with Gasteiger partial charge in [0, 0.05) is 0 Å². The molecule has 0 aliphatic rings. The third-order valence-corrected chi connectivity index (χ3v) is 1.81. The first-order chi connectivity index (χ1) is 6.50. The minimum absolute atomic E-state index is 0.0301. The predicted octanol–water partition coefficient (Wildman–Crippen LogP) is 0.464. The number of nitrogens with two attached hydrogens (primary N) is 1. The molecule has 0 aliphatic carbocycles. The molecule has 1 unspecified atom stereocenters. The molecule has 1 aromatic heterocycles. The number of amides is 1. The van der Waals surface area contributed by atoms with Crippen molar-refractivity contribution in [2.75, 3.05) is 5.32 Å². The normalized spacial score (nSPS) is 12.2. The lowest BCUT2D eigenvalue weighted by Crippen LogP contribution is -2.33. The summed E-state index contributed by atoms with van der Waals surface area (Å²) >= 11 is 11.1. The van der Waals surface area contributed by atoms with Gasteiger partial charge < -0.3 is 11.1 Å². The van der Waals surface area contributed by atoms with Gasteiger partial charge in [-0.25, -0.2) is 0 Å². The molecule has 0 saturated carbocycles. The summed E-state index contributed by atoms with van der Waals surface area (Å²) in [6, 6.07) is -0.611. The zero-order valence-corrected chi connectivity index (χ0v) is 8.67. The van der Waals surface area contributed by atoms with Crippen molar-refractivity contribution in [3.05, 3.63) is 10.4 Å². The van der Waals surface area contributed by atoms with E-state index in [2.05, 4.69) is 20.5 Å². The summed E-state index contributed by atoms with van der Waals surface area (Å²) in [5.41, 5.74) is 5.03. The number of halogens is 2. The van der Waals surface area contributed by atoms with Crippen molar-refractivity contribution in [2.24, 2.45) is 5.73 Å². The van der Waals surface area contributed by atoms with E-state index < -0.39 is 11.9 Å². The van der Waals surface area contributed by atoms with Crippen LogP contribution in [0.4, 0.5) is 5.82 Å². The number of carbonyl (C=O) groups excluding carboxylic acids is 1. The number of hydrogen-bond donors (Lipinski definition) is 2. The third kappa shape index (κ3) is 2.68. The van der Waals surface area contributed by atoms with Gasteiger partial charge in [0.05, 0.1) is 0 Å². The van der Waals surface area contributed by atoms with E-state index in [9.17, 15) is 4.79 Å². The predicted molar refractivity (Wildman–Crippen MR) is 52.1 cm³/mol. The highest BCUT2D eigenvalue weighted by Crippen LogP contribution is 2.17. The Kier molecular flexibility index (Phi) is 3.43. The maximum absolute atomic E-state index is 10.7. The van der Waals surface area contributed by atoms with Crippen LogP contribution in [0, 0.1) is 0 Å². The molecule has 0 aliphatic heterocycles. The van der Waals surface area contributed by atoms with Crippen molar-refractivity contribution in [3.8, 4) is 0 Å². The molecule has 3 N–H and O–H groups in total. The first-order valence-electron chi connectivity index (χ1n) is 3.62. The van der Waals surface area contributed by atoms with Crippen molar-refractivity contribution in [1.82, 2.24) is 15.2 Å². The molecular formula is C6H7Cl2N5O. The number of carbonyl (C=O) groups is 1. The summed E-state index contributed by atoms with van der Waals surface area (Å²) in [6.45, 7) is 1.56. The molecule has 0 fully saturated rings. The fraction of sp³-hybridized carbons (Fsp3) is 0.333. The molecule has 1 atom stereocenters. The van der Waals surface area contributed by atoms with Crippen molar-refractivity contribution < 1.29 is 4.79 Å².